The average molecular weight is 312 g/mol. The second-order valence-corrected chi connectivity index (χ2v) is 5.00. The molecular formula is C16H16ClF2NO. The van der Waals surface area contributed by atoms with E-state index < -0.39 is 11.6 Å². The Morgan fingerprint density at radius 2 is 1.95 bits per heavy atom. The minimum absolute atomic E-state index is 0.0147. The summed E-state index contributed by atoms with van der Waals surface area (Å²) in [6.45, 7) is 1.96. The summed E-state index contributed by atoms with van der Waals surface area (Å²) in [6.07, 6.45) is 0.688. The van der Waals surface area contributed by atoms with E-state index in [-0.39, 0.29) is 16.8 Å². The first-order chi connectivity index (χ1) is 10.1. The number of ether oxygens (including phenoxy) is 1. The minimum atomic E-state index is -0.714. The SMILES string of the molecule is CCC(Nc1c(F)cc(F)cc1Cl)c1ccccc1OC. The van der Waals surface area contributed by atoms with E-state index in [4.69, 9.17) is 16.3 Å². The number of anilines is 1. The Morgan fingerprint density at radius 1 is 1.24 bits per heavy atom. The average Bonchev–Trinajstić information content (AvgIpc) is 2.46. The van der Waals surface area contributed by atoms with Gasteiger partial charge in [-0.25, -0.2) is 8.78 Å². The van der Waals surface area contributed by atoms with Gasteiger partial charge in [0, 0.05) is 11.6 Å². The van der Waals surface area contributed by atoms with E-state index in [0.717, 1.165) is 17.7 Å². The third kappa shape index (κ3) is 3.45. The number of hydrogen-bond acceptors (Lipinski definition) is 2. The van der Waals surface area contributed by atoms with Gasteiger partial charge in [0.25, 0.3) is 0 Å². The highest BCUT2D eigenvalue weighted by atomic mass is 35.5. The smallest absolute Gasteiger partial charge is 0.150 e. The zero-order valence-corrected chi connectivity index (χ0v) is 12.5. The van der Waals surface area contributed by atoms with Crippen LogP contribution in [0.4, 0.5) is 14.5 Å². The number of para-hydroxylation sites is 1. The highest BCUT2D eigenvalue weighted by Crippen LogP contribution is 2.34. The molecule has 1 atom stereocenters. The second kappa shape index (κ2) is 6.76. The molecule has 0 aliphatic heterocycles. The summed E-state index contributed by atoms with van der Waals surface area (Å²) in [5.41, 5.74) is 0.984. The molecule has 0 radical (unpaired) electrons. The summed E-state index contributed by atoms with van der Waals surface area (Å²) in [7, 11) is 1.58. The van der Waals surface area contributed by atoms with Gasteiger partial charge in [-0.2, -0.15) is 0 Å². The number of methoxy groups -OCH3 is 1. The van der Waals surface area contributed by atoms with Crippen LogP contribution in [-0.4, -0.2) is 7.11 Å². The Bertz CT molecular complexity index is 610. The molecule has 1 N–H and O–H groups in total. The Labute approximate surface area is 127 Å². The Kier molecular flexibility index (Phi) is 5.02. The fourth-order valence-corrected chi connectivity index (χ4v) is 2.46. The summed E-state index contributed by atoms with van der Waals surface area (Å²) < 4.78 is 32.3. The topological polar surface area (TPSA) is 21.3 Å². The highest BCUT2D eigenvalue weighted by molar-refractivity contribution is 6.33. The van der Waals surface area contributed by atoms with Gasteiger partial charge in [0.15, 0.2) is 5.82 Å². The minimum Gasteiger partial charge on any atom is -0.496 e. The van der Waals surface area contributed by atoms with Crippen LogP contribution < -0.4 is 10.1 Å². The molecule has 0 spiro atoms. The van der Waals surface area contributed by atoms with Crippen LogP contribution in [0, 0.1) is 11.6 Å². The van der Waals surface area contributed by atoms with Crippen LogP contribution >= 0.6 is 11.6 Å². The van der Waals surface area contributed by atoms with Crippen LogP contribution in [0.3, 0.4) is 0 Å². The zero-order chi connectivity index (χ0) is 15.4. The van der Waals surface area contributed by atoms with Crippen molar-refractivity contribution >= 4 is 17.3 Å². The van der Waals surface area contributed by atoms with Gasteiger partial charge in [-0.15, -0.1) is 0 Å². The monoisotopic (exact) mass is 311 g/mol. The number of nitrogens with one attached hydrogen (secondary N) is 1. The van der Waals surface area contributed by atoms with Crippen molar-refractivity contribution in [2.75, 3.05) is 12.4 Å². The molecule has 0 saturated heterocycles. The molecule has 0 bridgehead atoms. The fraction of sp³-hybridized carbons (Fsp3) is 0.250. The predicted octanol–water partition coefficient (Wildman–Crippen LogP) is 5.19. The normalized spacial score (nSPS) is 12.0. The quantitative estimate of drug-likeness (QED) is 0.820. The molecule has 1 unspecified atom stereocenters. The van der Waals surface area contributed by atoms with Crippen LogP contribution in [0.5, 0.6) is 5.75 Å². The van der Waals surface area contributed by atoms with Crippen molar-refractivity contribution in [3.8, 4) is 5.75 Å². The first kappa shape index (κ1) is 15.6. The molecule has 2 nitrogen and oxygen atoms in total. The molecule has 2 aromatic carbocycles. The maximum atomic E-state index is 13.9. The van der Waals surface area contributed by atoms with Gasteiger partial charge in [0.05, 0.1) is 23.9 Å². The summed E-state index contributed by atoms with van der Waals surface area (Å²) in [6, 6.07) is 9.17. The molecule has 0 saturated carbocycles. The lowest BCUT2D eigenvalue weighted by molar-refractivity contribution is 0.406. The van der Waals surface area contributed by atoms with E-state index in [1.165, 1.54) is 0 Å². The van der Waals surface area contributed by atoms with Crippen molar-refractivity contribution in [1.82, 2.24) is 0 Å². The third-order valence-corrected chi connectivity index (χ3v) is 3.55. The highest BCUT2D eigenvalue weighted by Gasteiger charge is 2.18. The van der Waals surface area contributed by atoms with Gasteiger partial charge in [0.1, 0.15) is 11.6 Å². The van der Waals surface area contributed by atoms with Crippen molar-refractivity contribution in [3.05, 3.63) is 58.6 Å². The van der Waals surface area contributed by atoms with E-state index in [1.807, 2.05) is 31.2 Å². The molecule has 0 heterocycles. The van der Waals surface area contributed by atoms with Gasteiger partial charge < -0.3 is 10.1 Å². The molecule has 0 aliphatic carbocycles. The molecule has 2 aromatic rings. The second-order valence-electron chi connectivity index (χ2n) is 4.59. The van der Waals surface area contributed by atoms with Gasteiger partial charge in [-0.3, -0.25) is 0 Å². The standard InChI is InChI=1S/C16H16ClF2NO/c1-3-14(11-6-4-5-7-15(11)21-2)20-16-12(17)8-10(18)9-13(16)19/h4-9,14,20H,3H2,1-2H3. The number of halogens is 3. The summed E-state index contributed by atoms with van der Waals surface area (Å²) >= 11 is 5.92. The van der Waals surface area contributed by atoms with E-state index >= 15 is 0 Å². The van der Waals surface area contributed by atoms with Crippen molar-refractivity contribution < 1.29 is 13.5 Å². The van der Waals surface area contributed by atoms with Gasteiger partial charge in [-0.1, -0.05) is 36.7 Å². The lowest BCUT2D eigenvalue weighted by atomic mass is 10.0. The summed E-state index contributed by atoms with van der Waals surface area (Å²) in [5, 5.41) is 3.04. The molecule has 21 heavy (non-hydrogen) atoms. The maximum Gasteiger partial charge on any atom is 0.150 e. The number of benzene rings is 2. The summed E-state index contributed by atoms with van der Waals surface area (Å²) in [4.78, 5) is 0. The van der Waals surface area contributed by atoms with Crippen molar-refractivity contribution in [2.24, 2.45) is 0 Å². The molecule has 5 heteroatoms. The van der Waals surface area contributed by atoms with E-state index in [9.17, 15) is 8.78 Å². The van der Waals surface area contributed by atoms with Gasteiger partial charge in [0.2, 0.25) is 0 Å². The molecule has 0 aromatic heterocycles. The number of hydrogen-bond donors (Lipinski definition) is 1. The largest absolute Gasteiger partial charge is 0.496 e. The van der Waals surface area contributed by atoms with Crippen LogP contribution in [0.25, 0.3) is 0 Å². The van der Waals surface area contributed by atoms with Crippen LogP contribution in [0.2, 0.25) is 5.02 Å². The Morgan fingerprint density at radius 3 is 2.57 bits per heavy atom. The van der Waals surface area contributed by atoms with Gasteiger partial charge in [-0.05, 0) is 18.6 Å². The first-order valence-corrected chi connectivity index (χ1v) is 6.98. The lowest BCUT2D eigenvalue weighted by Crippen LogP contribution is -2.12. The third-order valence-electron chi connectivity index (χ3n) is 3.25. The van der Waals surface area contributed by atoms with Crippen molar-refractivity contribution in [1.29, 1.82) is 0 Å². The number of rotatable bonds is 5. The van der Waals surface area contributed by atoms with Crippen LogP contribution in [0.15, 0.2) is 36.4 Å². The lowest BCUT2D eigenvalue weighted by Gasteiger charge is -2.22. The van der Waals surface area contributed by atoms with Crippen LogP contribution in [-0.2, 0) is 0 Å². The Balaban J connectivity index is 2.36. The fourth-order valence-electron chi connectivity index (χ4n) is 2.21. The predicted molar refractivity (Wildman–Crippen MR) is 81.0 cm³/mol. The maximum absolute atomic E-state index is 13.9. The van der Waals surface area contributed by atoms with E-state index in [0.29, 0.717) is 12.2 Å². The molecule has 0 aliphatic rings. The molecular weight excluding hydrogens is 296 g/mol. The molecule has 0 amide bonds. The molecule has 112 valence electrons. The molecule has 2 rings (SSSR count). The van der Waals surface area contributed by atoms with Crippen molar-refractivity contribution in [3.63, 3.8) is 0 Å². The van der Waals surface area contributed by atoms with E-state index in [1.54, 1.807) is 7.11 Å². The Hall–Kier alpha value is -1.81. The molecule has 0 fully saturated rings. The first-order valence-electron chi connectivity index (χ1n) is 6.60. The van der Waals surface area contributed by atoms with Crippen LogP contribution in [0.1, 0.15) is 24.9 Å². The van der Waals surface area contributed by atoms with E-state index in [2.05, 4.69) is 5.32 Å². The summed E-state index contributed by atoms with van der Waals surface area (Å²) in [5.74, 6) is -0.711. The van der Waals surface area contributed by atoms with Crippen molar-refractivity contribution in [2.45, 2.75) is 19.4 Å². The zero-order valence-electron chi connectivity index (χ0n) is 11.8. The van der Waals surface area contributed by atoms with Gasteiger partial charge >= 0.3 is 0 Å².